The topological polar surface area (TPSA) is 32.3 Å². The average Bonchev–Trinajstić information content (AvgIpc) is 2.42. The Labute approximate surface area is 123 Å². The molecule has 0 atom stereocenters. The van der Waals surface area contributed by atoms with E-state index in [0.29, 0.717) is 11.8 Å². The van der Waals surface area contributed by atoms with E-state index in [1.165, 1.54) is 70.6 Å². The molecule has 1 aromatic carbocycles. The van der Waals surface area contributed by atoms with Gasteiger partial charge in [-0.05, 0) is 25.0 Å². The third-order valence-electron chi connectivity index (χ3n) is 4.32. The van der Waals surface area contributed by atoms with Gasteiger partial charge in [0.1, 0.15) is 5.75 Å². The number of nitrogens with one attached hydrogen (secondary N) is 1. The summed E-state index contributed by atoms with van der Waals surface area (Å²) in [4.78, 5) is 0. The number of rotatable bonds is 2. The molecule has 0 aromatic heterocycles. The molecule has 0 bridgehead atoms. The number of hydrogen-bond acceptors (Lipinski definition) is 2. The van der Waals surface area contributed by atoms with Crippen molar-refractivity contribution in [2.24, 2.45) is 0 Å². The van der Waals surface area contributed by atoms with E-state index < -0.39 is 0 Å². The van der Waals surface area contributed by atoms with Gasteiger partial charge in [0.25, 0.3) is 0 Å². The largest absolute Gasteiger partial charge is 0.508 e. The van der Waals surface area contributed by atoms with Gasteiger partial charge >= 0.3 is 0 Å². The third kappa shape index (κ3) is 5.85. The maximum absolute atomic E-state index is 9.55. The summed E-state index contributed by atoms with van der Waals surface area (Å²) in [7, 11) is 0. The summed E-state index contributed by atoms with van der Waals surface area (Å²) in [5, 5.41) is 13.2. The van der Waals surface area contributed by atoms with E-state index in [4.69, 9.17) is 0 Å². The Hall–Kier alpha value is -1.18. The Kier molecular flexibility index (Phi) is 6.76. The van der Waals surface area contributed by atoms with E-state index in [-0.39, 0.29) is 0 Å². The van der Waals surface area contributed by atoms with Gasteiger partial charge in [-0.3, -0.25) is 0 Å². The summed E-state index contributed by atoms with van der Waals surface area (Å²) in [5.41, 5.74) is 1.06. The van der Waals surface area contributed by atoms with E-state index >= 15 is 0 Å². The van der Waals surface area contributed by atoms with Gasteiger partial charge in [0.05, 0.1) is 0 Å². The van der Waals surface area contributed by atoms with Crippen molar-refractivity contribution in [3.05, 3.63) is 24.3 Å². The van der Waals surface area contributed by atoms with Crippen molar-refractivity contribution >= 4 is 5.69 Å². The maximum Gasteiger partial charge on any atom is 0.117 e. The van der Waals surface area contributed by atoms with Crippen LogP contribution in [0.5, 0.6) is 5.75 Å². The van der Waals surface area contributed by atoms with Crippen LogP contribution in [0.15, 0.2) is 24.3 Å². The van der Waals surface area contributed by atoms with E-state index in [1.54, 1.807) is 6.07 Å². The van der Waals surface area contributed by atoms with Crippen LogP contribution in [0.25, 0.3) is 0 Å². The predicted molar refractivity (Wildman–Crippen MR) is 86.3 cm³/mol. The summed E-state index contributed by atoms with van der Waals surface area (Å²) < 4.78 is 0. The van der Waals surface area contributed by atoms with Crippen molar-refractivity contribution in [1.82, 2.24) is 0 Å². The minimum absolute atomic E-state index is 0.350. The summed E-state index contributed by atoms with van der Waals surface area (Å²) >= 11 is 0. The molecule has 0 spiro atoms. The SMILES string of the molecule is Oc1cccc(NC2CCCCCCCCCCC2)c1. The molecule has 1 aliphatic rings. The normalized spacial score (nSPS) is 19.8. The zero-order chi connectivity index (χ0) is 14.0. The molecule has 2 nitrogen and oxygen atoms in total. The highest BCUT2D eigenvalue weighted by Crippen LogP contribution is 2.22. The molecule has 1 saturated carbocycles. The monoisotopic (exact) mass is 275 g/mol. The summed E-state index contributed by atoms with van der Waals surface area (Å²) in [6.07, 6.45) is 15.0. The van der Waals surface area contributed by atoms with Crippen LogP contribution in [0.2, 0.25) is 0 Å². The molecule has 0 heterocycles. The van der Waals surface area contributed by atoms with Crippen molar-refractivity contribution in [1.29, 1.82) is 0 Å². The van der Waals surface area contributed by atoms with Crippen LogP contribution in [0.3, 0.4) is 0 Å². The number of anilines is 1. The van der Waals surface area contributed by atoms with Crippen molar-refractivity contribution in [3.8, 4) is 5.75 Å². The fourth-order valence-electron chi connectivity index (χ4n) is 3.14. The fourth-order valence-corrected chi connectivity index (χ4v) is 3.14. The van der Waals surface area contributed by atoms with Crippen LogP contribution in [-0.2, 0) is 0 Å². The Morgan fingerprint density at radius 2 is 1.35 bits per heavy atom. The zero-order valence-corrected chi connectivity index (χ0v) is 12.6. The predicted octanol–water partition coefficient (Wildman–Crippen LogP) is 5.48. The molecule has 1 aromatic rings. The molecular formula is C18H29NO. The number of benzene rings is 1. The smallest absolute Gasteiger partial charge is 0.117 e. The molecule has 1 fully saturated rings. The van der Waals surface area contributed by atoms with Crippen molar-refractivity contribution < 1.29 is 5.11 Å². The van der Waals surface area contributed by atoms with Gasteiger partial charge in [-0.2, -0.15) is 0 Å². The second kappa shape index (κ2) is 8.89. The van der Waals surface area contributed by atoms with Gasteiger partial charge in [-0.15, -0.1) is 0 Å². The molecule has 0 radical (unpaired) electrons. The van der Waals surface area contributed by atoms with Crippen LogP contribution in [-0.4, -0.2) is 11.1 Å². The lowest BCUT2D eigenvalue weighted by atomic mass is 9.98. The quantitative estimate of drug-likeness (QED) is 0.749. The molecular weight excluding hydrogens is 246 g/mol. The Balaban J connectivity index is 1.85. The molecule has 0 amide bonds. The van der Waals surface area contributed by atoms with Crippen LogP contribution in [0.4, 0.5) is 5.69 Å². The molecule has 2 rings (SSSR count). The molecule has 20 heavy (non-hydrogen) atoms. The van der Waals surface area contributed by atoms with Gasteiger partial charge in [0, 0.05) is 17.8 Å². The van der Waals surface area contributed by atoms with Crippen LogP contribution < -0.4 is 5.32 Å². The molecule has 2 heteroatoms. The van der Waals surface area contributed by atoms with Crippen LogP contribution in [0.1, 0.15) is 70.6 Å². The second-order valence-electron chi connectivity index (χ2n) is 6.15. The van der Waals surface area contributed by atoms with Gasteiger partial charge in [0.2, 0.25) is 0 Å². The first-order valence-electron chi connectivity index (χ1n) is 8.40. The number of phenolic OH excluding ortho intramolecular Hbond substituents is 1. The van der Waals surface area contributed by atoms with E-state index in [1.807, 2.05) is 12.1 Å². The minimum Gasteiger partial charge on any atom is -0.508 e. The average molecular weight is 275 g/mol. The molecule has 0 aliphatic heterocycles. The summed E-state index contributed by atoms with van der Waals surface area (Å²) in [6, 6.07) is 8.09. The summed E-state index contributed by atoms with van der Waals surface area (Å²) in [6.45, 7) is 0. The Morgan fingerprint density at radius 1 is 0.800 bits per heavy atom. The lowest BCUT2D eigenvalue weighted by Crippen LogP contribution is -2.19. The Morgan fingerprint density at radius 3 is 1.90 bits per heavy atom. The zero-order valence-electron chi connectivity index (χ0n) is 12.6. The van der Waals surface area contributed by atoms with Gasteiger partial charge in [-0.1, -0.05) is 63.9 Å². The van der Waals surface area contributed by atoms with Crippen molar-refractivity contribution in [2.75, 3.05) is 5.32 Å². The van der Waals surface area contributed by atoms with Gasteiger partial charge in [-0.25, -0.2) is 0 Å². The third-order valence-corrected chi connectivity index (χ3v) is 4.32. The fraction of sp³-hybridized carbons (Fsp3) is 0.667. The van der Waals surface area contributed by atoms with Crippen molar-refractivity contribution in [2.45, 2.75) is 76.7 Å². The highest BCUT2D eigenvalue weighted by Gasteiger charge is 2.09. The molecule has 2 N–H and O–H groups in total. The highest BCUT2D eigenvalue weighted by molar-refractivity contribution is 5.48. The number of aromatic hydroxyl groups is 1. The number of hydrogen-bond donors (Lipinski definition) is 2. The first-order chi connectivity index (χ1) is 9.84. The second-order valence-corrected chi connectivity index (χ2v) is 6.15. The standard InChI is InChI=1S/C18H29NO/c20-18-14-10-13-17(15-18)19-16-11-8-6-4-2-1-3-5-7-9-12-16/h10,13-16,19-20H,1-9,11-12H2. The van der Waals surface area contributed by atoms with E-state index in [9.17, 15) is 5.11 Å². The molecule has 112 valence electrons. The molecule has 0 saturated heterocycles. The van der Waals surface area contributed by atoms with E-state index in [0.717, 1.165) is 5.69 Å². The molecule has 0 unspecified atom stereocenters. The lowest BCUT2D eigenvalue weighted by molar-refractivity contribution is 0.473. The molecule has 1 aliphatic carbocycles. The van der Waals surface area contributed by atoms with Crippen molar-refractivity contribution in [3.63, 3.8) is 0 Å². The van der Waals surface area contributed by atoms with Crippen LogP contribution >= 0.6 is 0 Å². The van der Waals surface area contributed by atoms with Crippen LogP contribution in [0, 0.1) is 0 Å². The minimum atomic E-state index is 0.350. The first kappa shape index (κ1) is 15.2. The Bertz CT molecular complexity index is 365. The highest BCUT2D eigenvalue weighted by atomic mass is 16.3. The number of phenols is 1. The maximum atomic E-state index is 9.55. The summed E-state index contributed by atoms with van der Waals surface area (Å²) in [5.74, 6) is 0.350. The lowest BCUT2D eigenvalue weighted by Gasteiger charge is -2.21. The van der Waals surface area contributed by atoms with E-state index in [2.05, 4.69) is 11.4 Å². The van der Waals surface area contributed by atoms with Gasteiger partial charge < -0.3 is 10.4 Å². The van der Waals surface area contributed by atoms with Gasteiger partial charge in [0.15, 0.2) is 0 Å². The first-order valence-corrected chi connectivity index (χ1v) is 8.40.